The number of benzene rings is 2. The van der Waals surface area contributed by atoms with E-state index >= 15 is 0 Å². The standard InChI is InChI=1S/C22H25FN4O/c1-28-15-7-13-24-21-16-20(18-9-3-2-4-10-18)26-22(27-21)25-14-12-17-8-5-6-11-19(17)23/h2-6,8-11,16H,7,12-15H2,1H3,(H2,24,25,26,27). The van der Waals surface area contributed by atoms with Crippen molar-refractivity contribution in [1.29, 1.82) is 0 Å². The van der Waals surface area contributed by atoms with Crippen LogP contribution in [0.3, 0.4) is 0 Å². The van der Waals surface area contributed by atoms with Crippen LogP contribution in [0.2, 0.25) is 0 Å². The fourth-order valence-electron chi connectivity index (χ4n) is 2.82. The molecule has 2 N–H and O–H groups in total. The average molecular weight is 380 g/mol. The summed E-state index contributed by atoms with van der Waals surface area (Å²) in [5.74, 6) is 1.08. The molecule has 6 heteroatoms. The molecule has 0 spiro atoms. The van der Waals surface area contributed by atoms with Gasteiger partial charge in [-0.1, -0.05) is 48.5 Å². The maximum Gasteiger partial charge on any atom is 0.225 e. The topological polar surface area (TPSA) is 59.1 Å². The second-order valence-electron chi connectivity index (χ2n) is 6.37. The lowest BCUT2D eigenvalue weighted by molar-refractivity contribution is 0.198. The van der Waals surface area contributed by atoms with Crippen LogP contribution in [-0.2, 0) is 11.2 Å². The summed E-state index contributed by atoms with van der Waals surface area (Å²) in [6, 6.07) is 18.7. The Morgan fingerprint density at radius 3 is 2.50 bits per heavy atom. The van der Waals surface area contributed by atoms with Gasteiger partial charge in [-0.3, -0.25) is 0 Å². The summed E-state index contributed by atoms with van der Waals surface area (Å²) < 4.78 is 18.9. The van der Waals surface area contributed by atoms with Crippen LogP contribution in [-0.4, -0.2) is 36.8 Å². The number of hydrogen-bond acceptors (Lipinski definition) is 5. The zero-order valence-electron chi connectivity index (χ0n) is 16.0. The van der Waals surface area contributed by atoms with Gasteiger partial charge in [0.2, 0.25) is 5.95 Å². The van der Waals surface area contributed by atoms with E-state index in [1.807, 2.05) is 42.5 Å². The third kappa shape index (κ3) is 5.76. The Morgan fingerprint density at radius 2 is 1.71 bits per heavy atom. The maximum atomic E-state index is 13.8. The minimum Gasteiger partial charge on any atom is -0.385 e. The van der Waals surface area contributed by atoms with E-state index in [0.29, 0.717) is 31.1 Å². The van der Waals surface area contributed by atoms with Gasteiger partial charge >= 0.3 is 0 Å². The van der Waals surface area contributed by atoms with E-state index in [2.05, 4.69) is 20.6 Å². The molecule has 0 aliphatic carbocycles. The van der Waals surface area contributed by atoms with Crippen molar-refractivity contribution in [1.82, 2.24) is 9.97 Å². The molecule has 0 fully saturated rings. The Labute approximate surface area is 165 Å². The molecule has 28 heavy (non-hydrogen) atoms. The highest BCUT2D eigenvalue weighted by atomic mass is 19.1. The summed E-state index contributed by atoms with van der Waals surface area (Å²) in [7, 11) is 1.69. The first-order chi connectivity index (χ1) is 13.8. The van der Waals surface area contributed by atoms with Crippen molar-refractivity contribution >= 4 is 11.8 Å². The molecular formula is C22H25FN4O. The summed E-state index contributed by atoms with van der Waals surface area (Å²) >= 11 is 0. The van der Waals surface area contributed by atoms with Gasteiger partial charge in [0.15, 0.2) is 0 Å². The van der Waals surface area contributed by atoms with Crippen LogP contribution >= 0.6 is 0 Å². The van der Waals surface area contributed by atoms with Crippen LogP contribution in [0.15, 0.2) is 60.7 Å². The maximum absolute atomic E-state index is 13.8. The van der Waals surface area contributed by atoms with Gasteiger partial charge in [0.05, 0.1) is 5.69 Å². The molecule has 0 atom stereocenters. The lowest BCUT2D eigenvalue weighted by Gasteiger charge is -2.12. The lowest BCUT2D eigenvalue weighted by atomic mass is 10.1. The van der Waals surface area contributed by atoms with E-state index in [1.165, 1.54) is 6.07 Å². The smallest absolute Gasteiger partial charge is 0.225 e. The summed E-state index contributed by atoms with van der Waals surface area (Å²) in [5.41, 5.74) is 2.52. The van der Waals surface area contributed by atoms with Crippen molar-refractivity contribution in [3.8, 4) is 11.3 Å². The minimum absolute atomic E-state index is 0.191. The van der Waals surface area contributed by atoms with Crippen molar-refractivity contribution in [3.63, 3.8) is 0 Å². The van der Waals surface area contributed by atoms with Gasteiger partial charge in [-0.05, 0) is 24.5 Å². The van der Waals surface area contributed by atoms with E-state index in [9.17, 15) is 4.39 Å². The predicted molar refractivity (Wildman–Crippen MR) is 111 cm³/mol. The molecule has 0 unspecified atom stereocenters. The normalized spacial score (nSPS) is 10.6. The molecule has 0 amide bonds. The van der Waals surface area contributed by atoms with E-state index in [-0.39, 0.29) is 5.82 Å². The number of hydrogen-bond donors (Lipinski definition) is 2. The Morgan fingerprint density at radius 1 is 0.929 bits per heavy atom. The second-order valence-corrected chi connectivity index (χ2v) is 6.37. The van der Waals surface area contributed by atoms with Gasteiger partial charge in [-0.15, -0.1) is 0 Å². The third-order valence-electron chi connectivity index (χ3n) is 4.26. The highest BCUT2D eigenvalue weighted by molar-refractivity contribution is 5.64. The summed E-state index contributed by atoms with van der Waals surface area (Å²) in [6.45, 7) is 1.99. The molecule has 1 aromatic heterocycles. The van der Waals surface area contributed by atoms with Gasteiger partial charge < -0.3 is 15.4 Å². The van der Waals surface area contributed by atoms with Crippen LogP contribution < -0.4 is 10.6 Å². The average Bonchev–Trinajstić information content (AvgIpc) is 2.73. The van der Waals surface area contributed by atoms with Crippen LogP contribution in [0.4, 0.5) is 16.2 Å². The van der Waals surface area contributed by atoms with Crippen molar-refractivity contribution < 1.29 is 9.13 Å². The van der Waals surface area contributed by atoms with Gasteiger partial charge in [-0.2, -0.15) is 4.98 Å². The number of ether oxygens (including phenoxy) is 1. The molecule has 0 bridgehead atoms. The zero-order chi connectivity index (χ0) is 19.6. The molecule has 3 rings (SSSR count). The van der Waals surface area contributed by atoms with Crippen LogP contribution in [0.5, 0.6) is 0 Å². The Kier molecular flexibility index (Phi) is 7.32. The number of halogens is 1. The van der Waals surface area contributed by atoms with Crippen molar-refractivity contribution in [2.45, 2.75) is 12.8 Å². The van der Waals surface area contributed by atoms with Crippen molar-refractivity contribution in [2.24, 2.45) is 0 Å². The largest absolute Gasteiger partial charge is 0.385 e. The van der Waals surface area contributed by atoms with E-state index in [1.54, 1.807) is 19.2 Å². The molecule has 0 aliphatic heterocycles. The summed E-state index contributed by atoms with van der Waals surface area (Å²) in [4.78, 5) is 9.16. The predicted octanol–water partition coefficient (Wildman–Crippen LogP) is 4.39. The molecule has 3 aromatic rings. The molecule has 0 saturated carbocycles. The quantitative estimate of drug-likeness (QED) is 0.511. The van der Waals surface area contributed by atoms with Crippen molar-refractivity contribution in [3.05, 3.63) is 72.0 Å². The molecule has 146 valence electrons. The third-order valence-corrected chi connectivity index (χ3v) is 4.26. The van der Waals surface area contributed by atoms with E-state index < -0.39 is 0 Å². The van der Waals surface area contributed by atoms with Crippen LogP contribution in [0.1, 0.15) is 12.0 Å². The zero-order valence-corrected chi connectivity index (χ0v) is 16.0. The van der Waals surface area contributed by atoms with E-state index in [4.69, 9.17) is 4.74 Å². The fourth-order valence-corrected chi connectivity index (χ4v) is 2.82. The number of nitrogens with one attached hydrogen (secondary N) is 2. The molecular weight excluding hydrogens is 355 g/mol. The van der Waals surface area contributed by atoms with Gasteiger partial charge in [0.1, 0.15) is 11.6 Å². The molecule has 0 aliphatic rings. The highest BCUT2D eigenvalue weighted by Gasteiger charge is 2.07. The minimum atomic E-state index is -0.191. The summed E-state index contributed by atoms with van der Waals surface area (Å²) in [6.07, 6.45) is 1.44. The number of methoxy groups -OCH3 is 1. The van der Waals surface area contributed by atoms with Crippen molar-refractivity contribution in [2.75, 3.05) is 37.4 Å². The number of rotatable bonds is 10. The van der Waals surface area contributed by atoms with E-state index in [0.717, 1.165) is 30.0 Å². The Balaban J connectivity index is 1.72. The first-order valence-electron chi connectivity index (χ1n) is 9.41. The fraction of sp³-hybridized carbons (Fsp3) is 0.273. The molecule has 2 aromatic carbocycles. The first kappa shape index (κ1) is 19.8. The molecule has 0 saturated heterocycles. The second kappa shape index (κ2) is 10.4. The van der Waals surface area contributed by atoms with Gasteiger partial charge in [-0.25, -0.2) is 9.37 Å². The molecule has 1 heterocycles. The first-order valence-corrected chi connectivity index (χ1v) is 9.41. The SMILES string of the molecule is COCCCNc1cc(-c2ccccc2)nc(NCCc2ccccc2F)n1. The van der Waals surface area contributed by atoms with Crippen LogP contribution in [0.25, 0.3) is 11.3 Å². The molecule has 5 nitrogen and oxygen atoms in total. The monoisotopic (exact) mass is 380 g/mol. The van der Waals surface area contributed by atoms with Gasteiger partial charge in [0, 0.05) is 38.4 Å². The van der Waals surface area contributed by atoms with Gasteiger partial charge in [0.25, 0.3) is 0 Å². The number of anilines is 2. The molecule has 0 radical (unpaired) electrons. The number of aromatic nitrogens is 2. The van der Waals surface area contributed by atoms with Crippen LogP contribution in [0, 0.1) is 5.82 Å². The Hall–Kier alpha value is -2.99. The number of nitrogens with zero attached hydrogens (tertiary/aromatic N) is 2. The summed E-state index contributed by atoms with van der Waals surface area (Å²) in [5, 5.41) is 6.54. The highest BCUT2D eigenvalue weighted by Crippen LogP contribution is 2.21. The lowest BCUT2D eigenvalue weighted by Crippen LogP contribution is -2.12. The Bertz CT molecular complexity index is 873.